The van der Waals surface area contributed by atoms with Crippen LogP contribution < -0.4 is 10.5 Å². The zero-order chi connectivity index (χ0) is 14.0. The fourth-order valence-corrected chi connectivity index (χ4v) is 1.58. The molecule has 0 radical (unpaired) electrons. The first-order chi connectivity index (χ1) is 9.04. The van der Waals surface area contributed by atoms with E-state index in [4.69, 9.17) is 10.5 Å². The van der Waals surface area contributed by atoms with E-state index in [2.05, 4.69) is 15.4 Å². The zero-order valence-corrected chi connectivity index (χ0v) is 9.91. The average molecular weight is 268 g/mol. The van der Waals surface area contributed by atoms with E-state index in [0.29, 0.717) is 0 Å². The van der Waals surface area contributed by atoms with Crippen LogP contribution in [0.25, 0.3) is 11.3 Å². The van der Waals surface area contributed by atoms with Gasteiger partial charge in [-0.2, -0.15) is 15.4 Å². The minimum Gasteiger partial charge on any atom is -0.488 e. The van der Waals surface area contributed by atoms with Crippen LogP contribution in [0, 0.1) is 11.6 Å². The smallest absolute Gasteiger partial charge is 0.271 e. The summed E-state index contributed by atoms with van der Waals surface area (Å²) in [5.41, 5.74) is 4.91. The van der Waals surface area contributed by atoms with E-state index in [1.165, 1.54) is 0 Å². The molecule has 1 heterocycles. The molecule has 1 aromatic heterocycles. The molecule has 3 N–H and O–H groups in total. The number of amides is 1. The number of primary amides is 1. The van der Waals surface area contributed by atoms with Crippen LogP contribution in [0.15, 0.2) is 12.1 Å². The maximum atomic E-state index is 13.7. The largest absolute Gasteiger partial charge is 0.488 e. The molecule has 0 aliphatic rings. The van der Waals surface area contributed by atoms with E-state index in [-0.39, 0.29) is 23.6 Å². The van der Waals surface area contributed by atoms with Crippen molar-refractivity contribution in [1.29, 1.82) is 0 Å². The Bertz CT molecular complexity index is 604. The van der Waals surface area contributed by atoms with Crippen molar-refractivity contribution >= 4 is 5.91 Å². The number of H-pyrrole nitrogens is 1. The Morgan fingerprint density at radius 2 is 2.00 bits per heavy atom. The van der Waals surface area contributed by atoms with Crippen LogP contribution >= 0.6 is 0 Å². The number of carbonyl (C=O) groups is 1. The van der Waals surface area contributed by atoms with Gasteiger partial charge in [0, 0.05) is 5.56 Å². The number of halogens is 2. The Balaban J connectivity index is 2.52. The van der Waals surface area contributed by atoms with Crippen LogP contribution in [-0.4, -0.2) is 27.9 Å². The Kier molecular flexibility index (Phi) is 3.41. The van der Waals surface area contributed by atoms with Gasteiger partial charge < -0.3 is 10.5 Å². The highest BCUT2D eigenvalue weighted by Crippen LogP contribution is 2.28. The van der Waals surface area contributed by atoms with Crippen LogP contribution in [0.3, 0.4) is 0 Å². The molecule has 6 nitrogen and oxygen atoms in total. The Hall–Kier alpha value is -2.51. The number of rotatable bonds is 4. The number of benzene rings is 1. The van der Waals surface area contributed by atoms with Gasteiger partial charge in [-0.1, -0.05) is 0 Å². The fraction of sp³-hybridized carbons (Fsp3) is 0.182. The fourth-order valence-electron chi connectivity index (χ4n) is 1.58. The number of ether oxygens (including phenoxy) is 1. The average Bonchev–Trinajstić information content (AvgIpc) is 2.82. The lowest BCUT2D eigenvalue weighted by Gasteiger charge is -2.07. The van der Waals surface area contributed by atoms with Crippen molar-refractivity contribution in [2.45, 2.75) is 6.92 Å². The maximum Gasteiger partial charge on any atom is 0.271 e. The van der Waals surface area contributed by atoms with Crippen molar-refractivity contribution in [3.05, 3.63) is 29.5 Å². The molecule has 19 heavy (non-hydrogen) atoms. The van der Waals surface area contributed by atoms with Crippen molar-refractivity contribution in [2.75, 3.05) is 6.61 Å². The lowest BCUT2D eigenvalue weighted by molar-refractivity contribution is 0.0996. The molecule has 0 spiro atoms. The molecule has 8 heteroatoms. The zero-order valence-electron chi connectivity index (χ0n) is 9.91. The van der Waals surface area contributed by atoms with Gasteiger partial charge in [0.25, 0.3) is 5.91 Å². The molecule has 0 saturated carbocycles. The molecule has 2 aromatic rings. The van der Waals surface area contributed by atoms with Crippen LogP contribution in [0.4, 0.5) is 8.78 Å². The van der Waals surface area contributed by atoms with Crippen molar-refractivity contribution < 1.29 is 18.3 Å². The normalized spacial score (nSPS) is 10.5. The quantitative estimate of drug-likeness (QED) is 0.872. The van der Waals surface area contributed by atoms with E-state index in [1.807, 2.05) is 0 Å². The van der Waals surface area contributed by atoms with Gasteiger partial charge in [-0.3, -0.25) is 4.79 Å². The van der Waals surface area contributed by atoms with Gasteiger partial charge in [0.2, 0.25) is 0 Å². The maximum absolute atomic E-state index is 13.7. The lowest BCUT2D eigenvalue weighted by atomic mass is 10.1. The van der Waals surface area contributed by atoms with E-state index in [1.54, 1.807) is 6.92 Å². The third kappa shape index (κ3) is 2.37. The van der Waals surface area contributed by atoms with E-state index in [0.717, 1.165) is 12.1 Å². The van der Waals surface area contributed by atoms with Crippen LogP contribution in [0.5, 0.6) is 5.75 Å². The minimum atomic E-state index is -0.893. The predicted octanol–water partition coefficient (Wildman–Crippen LogP) is 1.25. The molecule has 2 rings (SSSR count). The van der Waals surface area contributed by atoms with Crippen molar-refractivity contribution in [2.24, 2.45) is 5.73 Å². The monoisotopic (exact) mass is 268 g/mol. The molecule has 0 aliphatic heterocycles. The van der Waals surface area contributed by atoms with Crippen LogP contribution in [0.1, 0.15) is 17.4 Å². The molecule has 0 saturated heterocycles. The summed E-state index contributed by atoms with van der Waals surface area (Å²) < 4.78 is 32.2. The number of nitrogens with zero attached hydrogens (tertiary/aromatic N) is 2. The summed E-state index contributed by atoms with van der Waals surface area (Å²) in [5.74, 6) is -3.11. The van der Waals surface area contributed by atoms with Gasteiger partial charge in [-0.05, 0) is 19.1 Å². The summed E-state index contributed by atoms with van der Waals surface area (Å²) in [7, 11) is 0. The van der Waals surface area contributed by atoms with E-state index in [9.17, 15) is 13.6 Å². The van der Waals surface area contributed by atoms with Crippen molar-refractivity contribution in [1.82, 2.24) is 15.4 Å². The topological polar surface area (TPSA) is 93.9 Å². The Labute approximate surface area is 106 Å². The molecule has 0 bridgehead atoms. The SMILES string of the molecule is CCOc1c(F)cc(-c2n[nH]nc2C(N)=O)cc1F. The minimum absolute atomic E-state index is 0.0200. The van der Waals surface area contributed by atoms with Gasteiger partial charge in [0.15, 0.2) is 23.1 Å². The summed E-state index contributed by atoms with van der Waals surface area (Å²) in [4.78, 5) is 11.1. The third-order valence-electron chi connectivity index (χ3n) is 2.34. The second-order valence-electron chi connectivity index (χ2n) is 3.59. The van der Waals surface area contributed by atoms with Crippen molar-refractivity contribution in [3.63, 3.8) is 0 Å². The summed E-state index contributed by atoms with van der Waals surface area (Å²) in [6.07, 6.45) is 0. The van der Waals surface area contributed by atoms with E-state index >= 15 is 0 Å². The molecule has 0 unspecified atom stereocenters. The second kappa shape index (κ2) is 5.01. The molecule has 0 atom stereocenters. The Morgan fingerprint density at radius 1 is 1.37 bits per heavy atom. The summed E-state index contributed by atoms with van der Waals surface area (Å²) in [6, 6.07) is 2.00. The first kappa shape index (κ1) is 12.9. The number of aromatic amines is 1. The number of nitrogens with two attached hydrogens (primary N) is 1. The third-order valence-corrected chi connectivity index (χ3v) is 2.34. The number of carbonyl (C=O) groups excluding carboxylic acids is 1. The molecule has 0 fully saturated rings. The lowest BCUT2D eigenvalue weighted by Crippen LogP contribution is -2.13. The highest BCUT2D eigenvalue weighted by molar-refractivity contribution is 5.96. The van der Waals surface area contributed by atoms with Gasteiger partial charge in [-0.25, -0.2) is 8.78 Å². The number of nitrogens with one attached hydrogen (secondary N) is 1. The van der Waals surface area contributed by atoms with Gasteiger partial charge >= 0.3 is 0 Å². The molecular formula is C11H10F2N4O2. The number of hydrogen-bond acceptors (Lipinski definition) is 4. The van der Waals surface area contributed by atoms with Crippen LogP contribution in [0.2, 0.25) is 0 Å². The molecule has 0 aliphatic carbocycles. The second-order valence-corrected chi connectivity index (χ2v) is 3.59. The van der Waals surface area contributed by atoms with Gasteiger partial charge in [0.05, 0.1) is 6.61 Å². The first-order valence-electron chi connectivity index (χ1n) is 5.37. The van der Waals surface area contributed by atoms with Gasteiger partial charge in [0.1, 0.15) is 5.69 Å². The standard InChI is InChI=1S/C11H10F2N4O2/c1-2-19-10-6(12)3-5(4-7(10)13)8-9(11(14)18)16-17-15-8/h3-4H,2H2,1H3,(H2,14,18)(H,15,16,17). The summed E-state index contributed by atoms with van der Waals surface area (Å²) in [5, 5.41) is 9.36. The summed E-state index contributed by atoms with van der Waals surface area (Å²) >= 11 is 0. The number of hydrogen-bond donors (Lipinski definition) is 2. The van der Waals surface area contributed by atoms with Crippen LogP contribution in [-0.2, 0) is 0 Å². The molecule has 1 amide bonds. The predicted molar refractivity (Wildman–Crippen MR) is 61.4 cm³/mol. The molecule has 1 aromatic carbocycles. The van der Waals surface area contributed by atoms with E-state index < -0.39 is 23.3 Å². The van der Waals surface area contributed by atoms with Gasteiger partial charge in [-0.15, -0.1) is 0 Å². The summed E-state index contributed by atoms with van der Waals surface area (Å²) in [6.45, 7) is 1.74. The Morgan fingerprint density at radius 3 is 2.53 bits per heavy atom. The highest BCUT2D eigenvalue weighted by Gasteiger charge is 2.19. The molecule has 100 valence electrons. The molecular weight excluding hydrogens is 258 g/mol. The van der Waals surface area contributed by atoms with Crippen molar-refractivity contribution in [3.8, 4) is 17.0 Å². The highest BCUT2D eigenvalue weighted by atomic mass is 19.1. The number of aromatic nitrogens is 3. The first-order valence-corrected chi connectivity index (χ1v) is 5.37.